The second kappa shape index (κ2) is 9.88. The van der Waals surface area contributed by atoms with Gasteiger partial charge in [-0.05, 0) is 50.4 Å². The van der Waals surface area contributed by atoms with E-state index in [0.717, 1.165) is 25.7 Å². The zero-order valence-corrected chi connectivity index (χ0v) is 22.7. The summed E-state index contributed by atoms with van der Waals surface area (Å²) < 4.78 is 6.03. The van der Waals surface area contributed by atoms with Gasteiger partial charge in [-0.25, -0.2) is 0 Å². The smallest absolute Gasteiger partial charge is 0.306 e. The maximum atomic E-state index is 14.2. The highest BCUT2D eigenvalue weighted by Crippen LogP contribution is 2.55. The van der Waals surface area contributed by atoms with Crippen LogP contribution in [0.1, 0.15) is 60.9 Å². The third-order valence-electron chi connectivity index (χ3n) is 9.52. The van der Waals surface area contributed by atoms with Crippen LogP contribution in [0, 0.1) is 29.6 Å². The second-order valence-electron chi connectivity index (χ2n) is 11.9. The van der Waals surface area contributed by atoms with Gasteiger partial charge in [-0.1, -0.05) is 31.9 Å². The highest BCUT2D eigenvalue weighted by atomic mass is 16.5. The van der Waals surface area contributed by atoms with Crippen LogP contribution >= 0.6 is 0 Å². The summed E-state index contributed by atoms with van der Waals surface area (Å²) >= 11 is 0. The molecule has 8 unspecified atom stereocenters. The molecule has 0 heterocycles. The molecule has 1 amide bonds. The fourth-order valence-corrected chi connectivity index (χ4v) is 7.72. The highest BCUT2D eigenvalue weighted by Gasteiger charge is 2.74. The Bertz CT molecular complexity index is 1320. The molecule has 4 aliphatic rings. The number of Topliss-reactive ketones (excluding diaryl/α,β-unsaturated/α-hetero) is 4. The fraction of sp³-hybridized carbons (Fsp3) is 0.586. The molecule has 40 heavy (non-hydrogen) atoms. The molecular formula is C29H34N2O9. The van der Waals surface area contributed by atoms with E-state index in [1.165, 1.54) is 25.1 Å². The zero-order valence-electron chi connectivity index (χ0n) is 22.7. The van der Waals surface area contributed by atoms with Gasteiger partial charge in [-0.15, -0.1) is 0 Å². The number of esters is 1. The number of carbonyl (C=O) groups excluding carboxylic acids is 6. The molecule has 4 N–H and O–H groups in total. The number of amides is 1. The molecule has 11 nitrogen and oxygen atoms in total. The molecule has 214 valence electrons. The average molecular weight is 555 g/mol. The Morgan fingerprint density at radius 1 is 1.10 bits per heavy atom. The first-order valence-corrected chi connectivity index (χ1v) is 13.7. The van der Waals surface area contributed by atoms with Crippen LogP contribution in [0.2, 0.25) is 0 Å². The molecule has 0 aromatic heterocycles. The minimum Gasteiger partial charge on any atom is -0.507 e. The molecular weight excluding hydrogens is 520 g/mol. The van der Waals surface area contributed by atoms with Crippen LogP contribution < -0.4 is 5.73 Å². The zero-order chi connectivity index (χ0) is 29.3. The lowest BCUT2D eigenvalue weighted by molar-refractivity contribution is -0.206. The number of nitrogens with zero attached hydrogens (tertiary/aromatic N) is 1. The SMILES string of the molecule is CC1c2cccc(O)c2C(=O)C2C(=O)C3(O)C(=O)C(C(N)=O)C(=O)C(N(C)C)C3C(OC(=O)CC3CCCC3)C21. The average Bonchev–Trinajstić information content (AvgIpc) is 3.38. The Labute approximate surface area is 231 Å². The summed E-state index contributed by atoms with van der Waals surface area (Å²) in [6.07, 6.45) is 2.31. The number of ketones is 4. The molecule has 0 aliphatic heterocycles. The minimum absolute atomic E-state index is 0.0745. The van der Waals surface area contributed by atoms with Crippen molar-refractivity contribution in [3.05, 3.63) is 29.3 Å². The molecule has 3 saturated carbocycles. The van der Waals surface area contributed by atoms with Gasteiger partial charge in [0.2, 0.25) is 5.91 Å². The van der Waals surface area contributed by atoms with Crippen molar-refractivity contribution in [1.82, 2.24) is 4.90 Å². The summed E-state index contributed by atoms with van der Waals surface area (Å²) in [6, 6.07) is 3.07. The number of aromatic hydroxyl groups is 1. The summed E-state index contributed by atoms with van der Waals surface area (Å²) in [4.78, 5) is 82.2. The number of carbonyl (C=O) groups is 6. The quantitative estimate of drug-likeness (QED) is 0.343. The van der Waals surface area contributed by atoms with E-state index in [2.05, 4.69) is 0 Å². The normalized spacial score (nSPS) is 35.8. The van der Waals surface area contributed by atoms with E-state index in [1.807, 2.05) is 0 Å². The Kier molecular flexibility index (Phi) is 6.94. The van der Waals surface area contributed by atoms with Crippen LogP contribution in [0.4, 0.5) is 0 Å². The number of phenols is 1. The van der Waals surface area contributed by atoms with Crippen molar-refractivity contribution in [3.8, 4) is 5.75 Å². The number of ether oxygens (including phenoxy) is 1. The van der Waals surface area contributed by atoms with Crippen molar-refractivity contribution < 1.29 is 43.7 Å². The van der Waals surface area contributed by atoms with Crippen molar-refractivity contribution in [1.29, 1.82) is 0 Å². The number of benzene rings is 1. The molecule has 1 aromatic carbocycles. The monoisotopic (exact) mass is 554 g/mol. The first-order valence-electron chi connectivity index (χ1n) is 13.7. The van der Waals surface area contributed by atoms with E-state index >= 15 is 0 Å². The molecule has 3 fully saturated rings. The maximum absolute atomic E-state index is 14.2. The van der Waals surface area contributed by atoms with Gasteiger partial charge < -0.3 is 20.7 Å². The Hall–Kier alpha value is -3.44. The lowest BCUT2D eigenvalue weighted by Crippen LogP contribution is -2.78. The molecule has 11 heteroatoms. The Morgan fingerprint density at radius 3 is 2.35 bits per heavy atom. The van der Waals surface area contributed by atoms with Crippen LogP contribution in [-0.2, 0) is 28.7 Å². The summed E-state index contributed by atoms with van der Waals surface area (Å²) in [5.41, 5.74) is 2.70. The van der Waals surface area contributed by atoms with Crippen LogP contribution in [0.25, 0.3) is 0 Å². The Morgan fingerprint density at radius 2 is 1.75 bits per heavy atom. The standard InChI is InChI=1S/C29H34N2O9/c1-12-14-9-6-10-15(32)18(14)23(34)19-17(12)25(40-16(33)11-13-7-4-5-8-13)21-22(31(2)3)24(35)20(28(30)38)27(37)29(21,39)26(19)36/h6,9-10,12-13,17,19-22,25,32,39H,4-5,7-8,11H2,1-3H3,(H2,30,38). The number of hydrogen-bond acceptors (Lipinski definition) is 10. The van der Waals surface area contributed by atoms with Crippen molar-refractivity contribution in [2.75, 3.05) is 14.1 Å². The second-order valence-corrected chi connectivity index (χ2v) is 11.9. The molecule has 4 aliphatic carbocycles. The minimum atomic E-state index is -3.01. The van der Waals surface area contributed by atoms with E-state index in [4.69, 9.17) is 10.5 Å². The topological polar surface area (TPSA) is 181 Å². The third kappa shape index (κ3) is 3.93. The van der Waals surface area contributed by atoms with E-state index < -0.39 is 82.3 Å². The summed E-state index contributed by atoms with van der Waals surface area (Å²) in [5, 5.41) is 22.6. The van der Waals surface area contributed by atoms with Crippen LogP contribution in [0.5, 0.6) is 5.75 Å². The number of fused-ring (bicyclic) bond motifs is 3. The van der Waals surface area contributed by atoms with E-state index in [1.54, 1.807) is 19.1 Å². The van der Waals surface area contributed by atoms with Gasteiger partial charge in [-0.2, -0.15) is 0 Å². The van der Waals surface area contributed by atoms with E-state index in [0.29, 0.717) is 5.56 Å². The van der Waals surface area contributed by atoms with Crippen molar-refractivity contribution >= 4 is 35.0 Å². The first-order chi connectivity index (χ1) is 18.8. The van der Waals surface area contributed by atoms with Gasteiger partial charge in [0.05, 0.1) is 23.4 Å². The van der Waals surface area contributed by atoms with Gasteiger partial charge in [0, 0.05) is 12.3 Å². The number of hydrogen-bond donors (Lipinski definition) is 3. The number of primary amides is 1. The predicted octanol–water partition coefficient (Wildman–Crippen LogP) is 0.530. The number of rotatable bonds is 5. The van der Waals surface area contributed by atoms with Gasteiger partial charge in [-0.3, -0.25) is 33.7 Å². The van der Waals surface area contributed by atoms with E-state index in [-0.39, 0.29) is 23.7 Å². The summed E-state index contributed by atoms with van der Waals surface area (Å²) in [6.45, 7) is 1.71. The molecule has 0 bridgehead atoms. The van der Waals surface area contributed by atoms with Crippen molar-refractivity contribution in [2.24, 2.45) is 35.3 Å². The number of likely N-dealkylation sites (N-methyl/N-ethyl adjacent to an activating group) is 1. The van der Waals surface area contributed by atoms with Crippen LogP contribution in [-0.4, -0.2) is 82.0 Å². The molecule has 5 rings (SSSR count). The lowest BCUT2D eigenvalue weighted by atomic mass is 9.49. The van der Waals surface area contributed by atoms with Crippen LogP contribution in [0.15, 0.2) is 18.2 Å². The van der Waals surface area contributed by atoms with E-state index in [9.17, 15) is 39.0 Å². The number of nitrogens with two attached hydrogens (primary N) is 1. The number of phenolic OH excluding ortho intramolecular Hbond substituents is 1. The highest BCUT2D eigenvalue weighted by molar-refractivity contribution is 6.32. The fourth-order valence-electron chi connectivity index (χ4n) is 7.72. The Balaban J connectivity index is 1.70. The lowest BCUT2D eigenvalue weighted by Gasteiger charge is -2.56. The first kappa shape index (κ1) is 28.1. The van der Waals surface area contributed by atoms with Gasteiger partial charge >= 0.3 is 5.97 Å². The molecule has 0 saturated heterocycles. The van der Waals surface area contributed by atoms with Gasteiger partial charge in [0.25, 0.3) is 0 Å². The van der Waals surface area contributed by atoms with Crippen LogP contribution in [0.3, 0.4) is 0 Å². The van der Waals surface area contributed by atoms with Crippen molar-refractivity contribution in [3.63, 3.8) is 0 Å². The predicted molar refractivity (Wildman–Crippen MR) is 138 cm³/mol. The molecule has 0 spiro atoms. The molecule has 0 radical (unpaired) electrons. The number of aliphatic hydroxyl groups is 1. The summed E-state index contributed by atoms with van der Waals surface area (Å²) in [7, 11) is 2.96. The maximum Gasteiger partial charge on any atom is 0.306 e. The third-order valence-corrected chi connectivity index (χ3v) is 9.52. The molecule has 8 atom stereocenters. The largest absolute Gasteiger partial charge is 0.507 e. The summed E-state index contributed by atoms with van der Waals surface area (Å²) in [5.74, 6) is -13.6. The van der Waals surface area contributed by atoms with Crippen molar-refractivity contribution in [2.45, 2.75) is 62.7 Å². The molecule has 1 aromatic rings. The van der Waals surface area contributed by atoms with Gasteiger partial charge in [0.15, 0.2) is 34.7 Å². The van der Waals surface area contributed by atoms with Gasteiger partial charge in [0.1, 0.15) is 11.9 Å².